The van der Waals surface area contributed by atoms with E-state index in [2.05, 4.69) is 25.2 Å². The zero-order chi connectivity index (χ0) is 21.6. The zero-order valence-electron chi connectivity index (χ0n) is 19.0. The van der Waals surface area contributed by atoms with Gasteiger partial charge < -0.3 is 15.0 Å². The third-order valence-corrected chi connectivity index (χ3v) is 8.74. The second-order valence-electron chi connectivity index (χ2n) is 10.5. The smallest absolute Gasteiger partial charge is 0.233 e. The molecule has 170 valence electrons. The van der Waals surface area contributed by atoms with Crippen molar-refractivity contribution in [2.45, 2.75) is 64.5 Å². The van der Waals surface area contributed by atoms with Gasteiger partial charge in [0.05, 0.1) is 23.7 Å². The standard InChI is InChI=1S/C25H37FN3O2/c1-18(2)23-4-3-13-29(23,20-7-11-27-17-20)19-5-6-22(21(26)16-19)28-12-8-25(24(28)30)9-14-31-15-10-25/h5-6,16,18,20,23,27H,3-4,7-15,17H2,1-2H3/q+1. The fraction of sp³-hybridized carbons (Fsp3) is 0.720. The van der Waals surface area contributed by atoms with Gasteiger partial charge in [-0.05, 0) is 25.3 Å². The van der Waals surface area contributed by atoms with Gasteiger partial charge in [-0.25, -0.2) is 4.39 Å². The number of nitrogens with one attached hydrogen (secondary N) is 1. The molecule has 3 atom stereocenters. The molecule has 4 aliphatic heterocycles. The van der Waals surface area contributed by atoms with E-state index in [-0.39, 0.29) is 17.1 Å². The van der Waals surface area contributed by atoms with Crippen molar-refractivity contribution in [1.29, 1.82) is 0 Å². The minimum atomic E-state index is -0.343. The summed E-state index contributed by atoms with van der Waals surface area (Å²) in [4.78, 5) is 15.0. The van der Waals surface area contributed by atoms with Crippen molar-refractivity contribution in [2.75, 3.05) is 44.3 Å². The summed E-state index contributed by atoms with van der Waals surface area (Å²) in [6.07, 6.45) is 5.85. The van der Waals surface area contributed by atoms with E-state index in [0.717, 1.165) is 55.5 Å². The molecule has 0 bridgehead atoms. The molecule has 3 unspecified atom stereocenters. The third-order valence-electron chi connectivity index (χ3n) is 8.74. The first-order valence-electron chi connectivity index (χ1n) is 12.3. The molecule has 1 aromatic carbocycles. The van der Waals surface area contributed by atoms with Crippen LogP contribution in [0.25, 0.3) is 0 Å². The maximum absolute atomic E-state index is 15.6. The van der Waals surface area contributed by atoms with Gasteiger partial charge in [-0.3, -0.25) is 9.28 Å². The number of hydrogen-bond donors (Lipinski definition) is 1. The van der Waals surface area contributed by atoms with Crippen molar-refractivity contribution in [3.63, 3.8) is 0 Å². The maximum atomic E-state index is 15.6. The SMILES string of the molecule is CC(C)C1CCC[N+]1(c1ccc(N2CCC3(CCOCC3)C2=O)c(F)c1)C1CCNC1. The lowest BCUT2D eigenvalue weighted by atomic mass is 9.79. The molecule has 1 aromatic rings. The molecule has 4 aliphatic rings. The van der Waals surface area contributed by atoms with Crippen LogP contribution in [-0.4, -0.2) is 57.4 Å². The quantitative estimate of drug-likeness (QED) is 0.738. The highest BCUT2D eigenvalue weighted by atomic mass is 19.1. The summed E-state index contributed by atoms with van der Waals surface area (Å²) >= 11 is 0. The number of carbonyl (C=O) groups is 1. The Labute approximate surface area is 185 Å². The maximum Gasteiger partial charge on any atom is 0.233 e. The molecule has 1 N–H and O–H groups in total. The summed E-state index contributed by atoms with van der Waals surface area (Å²) in [7, 11) is 0. The number of halogens is 1. The number of carbonyl (C=O) groups excluding carboxylic acids is 1. The van der Waals surface area contributed by atoms with Crippen LogP contribution in [0.1, 0.15) is 52.4 Å². The zero-order valence-corrected chi connectivity index (χ0v) is 19.0. The highest BCUT2D eigenvalue weighted by Gasteiger charge is 2.52. The molecule has 6 heteroatoms. The number of ether oxygens (including phenoxy) is 1. The number of likely N-dealkylation sites (tertiary alicyclic amines) is 1. The number of benzene rings is 1. The summed E-state index contributed by atoms with van der Waals surface area (Å²) < 4.78 is 22.0. The van der Waals surface area contributed by atoms with Crippen LogP contribution >= 0.6 is 0 Å². The minimum absolute atomic E-state index is 0.0903. The molecule has 4 heterocycles. The van der Waals surface area contributed by atoms with Crippen LogP contribution in [0.5, 0.6) is 0 Å². The lowest BCUT2D eigenvalue weighted by Gasteiger charge is -2.46. The molecule has 4 fully saturated rings. The average molecular weight is 431 g/mol. The van der Waals surface area contributed by atoms with Crippen molar-refractivity contribution in [3.05, 3.63) is 24.0 Å². The third kappa shape index (κ3) is 3.33. The molecular weight excluding hydrogens is 393 g/mol. The first-order valence-corrected chi connectivity index (χ1v) is 12.3. The van der Waals surface area contributed by atoms with Gasteiger partial charge in [0.15, 0.2) is 5.82 Å². The van der Waals surface area contributed by atoms with Gasteiger partial charge in [-0.1, -0.05) is 13.8 Å². The van der Waals surface area contributed by atoms with Crippen molar-refractivity contribution in [1.82, 2.24) is 9.80 Å². The number of anilines is 1. The first-order chi connectivity index (χ1) is 15.0. The molecule has 1 spiro atoms. The van der Waals surface area contributed by atoms with Crippen molar-refractivity contribution < 1.29 is 13.9 Å². The van der Waals surface area contributed by atoms with Crippen LogP contribution in [0.3, 0.4) is 0 Å². The van der Waals surface area contributed by atoms with Crippen LogP contribution < -0.4 is 14.7 Å². The molecule has 0 saturated carbocycles. The van der Waals surface area contributed by atoms with Crippen LogP contribution in [0.2, 0.25) is 0 Å². The highest BCUT2D eigenvalue weighted by molar-refractivity contribution is 6.00. The average Bonchev–Trinajstić information content (AvgIpc) is 3.50. The summed E-state index contributed by atoms with van der Waals surface area (Å²) in [5.41, 5.74) is 1.21. The Morgan fingerprint density at radius 3 is 2.71 bits per heavy atom. The Balaban J connectivity index is 1.48. The second kappa shape index (κ2) is 8.13. The predicted octanol–water partition coefficient (Wildman–Crippen LogP) is 3.85. The van der Waals surface area contributed by atoms with Gasteiger partial charge in [0.2, 0.25) is 5.91 Å². The van der Waals surface area contributed by atoms with E-state index in [9.17, 15) is 4.79 Å². The van der Waals surface area contributed by atoms with E-state index in [1.807, 2.05) is 6.07 Å². The number of hydrogen-bond acceptors (Lipinski definition) is 3. The van der Waals surface area contributed by atoms with Gasteiger partial charge in [-0.15, -0.1) is 0 Å². The number of quaternary nitrogens is 1. The summed E-state index contributed by atoms with van der Waals surface area (Å²) in [6.45, 7) is 9.63. The van der Waals surface area contributed by atoms with E-state index in [1.165, 1.54) is 12.8 Å². The topological polar surface area (TPSA) is 41.6 Å². The van der Waals surface area contributed by atoms with E-state index in [4.69, 9.17) is 4.74 Å². The lowest BCUT2D eigenvalue weighted by molar-refractivity contribution is -0.130. The van der Waals surface area contributed by atoms with Gasteiger partial charge in [0, 0.05) is 70.2 Å². The molecule has 31 heavy (non-hydrogen) atoms. The van der Waals surface area contributed by atoms with Crippen molar-refractivity contribution >= 4 is 17.3 Å². The minimum Gasteiger partial charge on any atom is -0.381 e. The molecule has 5 nitrogen and oxygen atoms in total. The van der Waals surface area contributed by atoms with E-state index >= 15 is 4.39 Å². The van der Waals surface area contributed by atoms with E-state index in [1.54, 1.807) is 11.0 Å². The largest absolute Gasteiger partial charge is 0.381 e. The fourth-order valence-corrected chi connectivity index (χ4v) is 7.09. The van der Waals surface area contributed by atoms with Gasteiger partial charge in [0.1, 0.15) is 11.7 Å². The normalized spacial score (nSPS) is 33.2. The molecule has 0 aliphatic carbocycles. The van der Waals surface area contributed by atoms with Crippen molar-refractivity contribution in [2.24, 2.45) is 11.3 Å². The number of nitrogens with zero attached hydrogens (tertiary/aromatic N) is 2. The molecule has 5 rings (SSSR count). The van der Waals surface area contributed by atoms with Crippen LogP contribution in [0.4, 0.5) is 15.8 Å². The Bertz CT molecular complexity index is 832. The van der Waals surface area contributed by atoms with Crippen LogP contribution in [-0.2, 0) is 9.53 Å². The lowest BCUT2D eigenvalue weighted by Crippen LogP contribution is -2.62. The van der Waals surface area contributed by atoms with Gasteiger partial charge in [-0.2, -0.15) is 0 Å². The fourth-order valence-electron chi connectivity index (χ4n) is 7.09. The number of amides is 1. The Morgan fingerprint density at radius 2 is 2.03 bits per heavy atom. The van der Waals surface area contributed by atoms with Crippen molar-refractivity contribution in [3.8, 4) is 0 Å². The summed E-state index contributed by atoms with van der Waals surface area (Å²) in [5.74, 6) is 0.403. The highest BCUT2D eigenvalue weighted by Crippen LogP contribution is 2.46. The number of rotatable bonds is 4. The molecule has 0 radical (unpaired) electrons. The molecular formula is C25H37FN3O2+. The summed E-state index contributed by atoms with van der Waals surface area (Å²) in [6, 6.07) is 6.79. The first kappa shape index (κ1) is 21.4. The van der Waals surface area contributed by atoms with Crippen LogP contribution in [0.15, 0.2) is 18.2 Å². The monoisotopic (exact) mass is 430 g/mol. The predicted molar refractivity (Wildman–Crippen MR) is 122 cm³/mol. The molecule has 4 saturated heterocycles. The summed E-state index contributed by atoms with van der Waals surface area (Å²) in [5, 5.41) is 3.54. The Morgan fingerprint density at radius 1 is 1.23 bits per heavy atom. The molecule has 0 aromatic heterocycles. The van der Waals surface area contributed by atoms with Gasteiger partial charge >= 0.3 is 0 Å². The van der Waals surface area contributed by atoms with Gasteiger partial charge in [0.25, 0.3) is 0 Å². The Kier molecular flexibility index (Phi) is 5.60. The second-order valence-corrected chi connectivity index (χ2v) is 10.5. The van der Waals surface area contributed by atoms with Crippen LogP contribution in [0, 0.1) is 17.2 Å². The Hall–Kier alpha value is -1.50. The van der Waals surface area contributed by atoms with E-state index < -0.39 is 0 Å². The molecule has 1 amide bonds. The van der Waals surface area contributed by atoms with E-state index in [0.29, 0.717) is 43.4 Å².